The number of rotatable bonds is 6. The van der Waals surface area contributed by atoms with E-state index in [1.54, 1.807) is 31.2 Å². The number of carbonyl (C=O) groups excluding carboxylic acids is 2. The Hall–Kier alpha value is -2.62. The lowest BCUT2D eigenvalue weighted by Crippen LogP contribution is -2.36. The van der Waals surface area contributed by atoms with Gasteiger partial charge in [-0.2, -0.15) is 0 Å². The van der Waals surface area contributed by atoms with Gasteiger partial charge in [-0.25, -0.2) is 17.5 Å². The van der Waals surface area contributed by atoms with Gasteiger partial charge >= 0.3 is 5.97 Å². The molecule has 1 aliphatic rings. The Bertz CT molecular complexity index is 1130. The summed E-state index contributed by atoms with van der Waals surface area (Å²) in [5, 5.41) is 3.16. The van der Waals surface area contributed by atoms with E-state index in [0.29, 0.717) is 28.4 Å². The van der Waals surface area contributed by atoms with E-state index in [-0.39, 0.29) is 4.90 Å². The van der Waals surface area contributed by atoms with Crippen LogP contribution in [0.15, 0.2) is 41.3 Å². The maximum atomic E-state index is 12.6. The van der Waals surface area contributed by atoms with Crippen LogP contribution in [0.3, 0.4) is 0 Å². The average molecular weight is 467 g/mol. The molecule has 0 saturated carbocycles. The van der Waals surface area contributed by atoms with Crippen LogP contribution in [-0.2, 0) is 30.8 Å². The first-order valence-electron chi connectivity index (χ1n) is 9.48. The minimum absolute atomic E-state index is 0.0406. The number of sulfonamides is 1. The molecule has 0 saturated heterocycles. The average Bonchev–Trinajstić information content (AvgIpc) is 3.12. The van der Waals surface area contributed by atoms with E-state index in [1.165, 1.54) is 33.2 Å². The van der Waals surface area contributed by atoms with Gasteiger partial charge in [0, 0.05) is 31.2 Å². The molecular weight excluding hydrogens is 444 g/mol. The maximum absolute atomic E-state index is 12.6. The van der Waals surface area contributed by atoms with Crippen molar-refractivity contribution in [3.63, 3.8) is 0 Å². The van der Waals surface area contributed by atoms with E-state index in [1.807, 2.05) is 0 Å². The second kappa shape index (κ2) is 8.86. The number of aryl methyl sites for hydroxylation is 1. The predicted octanol–water partition coefficient (Wildman–Crippen LogP) is 2.77. The van der Waals surface area contributed by atoms with Gasteiger partial charge in [-0.05, 0) is 55.3 Å². The lowest BCUT2D eigenvalue weighted by molar-refractivity contribution is -0.159. The molecule has 0 bridgehead atoms. The maximum Gasteiger partial charge on any atom is 0.348 e. The Morgan fingerprint density at radius 3 is 2.61 bits per heavy atom. The van der Waals surface area contributed by atoms with Gasteiger partial charge in [0.05, 0.1) is 4.90 Å². The normalized spacial score (nSPS) is 16.4. The third-order valence-electron chi connectivity index (χ3n) is 4.87. The highest BCUT2D eigenvalue weighted by atomic mass is 35.5. The van der Waals surface area contributed by atoms with Crippen molar-refractivity contribution in [2.24, 2.45) is 0 Å². The highest BCUT2D eigenvalue weighted by Crippen LogP contribution is 2.31. The Morgan fingerprint density at radius 1 is 1.23 bits per heavy atom. The Balaban J connectivity index is 1.65. The second-order valence-corrected chi connectivity index (χ2v) is 9.98. The number of ether oxygens (including phenoxy) is 2. The van der Waals surface area contributed by atoms with Crippen molar-refractivity contribution in [3.05, 3.63) is 52.5 Å². The van der Waals surface area contributed by atoms with Gasteiger partial charge in [0.1, 0.15) is 5.75 Å². The van der Waals surface area contributed by atoms with Crippen LogP contribution >= 0.6 is 11.6 Å². The van der Waals surface area contributed by atoms with Gasteiger partial charge in [-0.15, -0.1) is 0 Å². The summed E-state index contributed by atoms with van der Waals surface area (Å²) in [6.45, 7) is 3.16. The number of anilines is 1. The van der Waals surface area contributed by atoms with E-state index >= 15 is 0 Å². The summed E-state index contributed by atoms with van der Waals surface area (Å²) in [7, 11) is -0.815. The fourth-order valence-corrected chi connectivity index (χ4v) is 4.12. The number of hydrogen-bond acceptors (Lipinski definition) is 6. The lowest BCUT2D eigenvalue weighted by Gasteiger charge is -2.18. The van der Waals surface area contributed by atoms with Gasteiger partial charge in [-0.1, -0.05) is 17.7 Å². The fraction of sp³-hybridized carbons (Fsp3) is 0.333. The SMILES string of the molecule is Cc1ccc(S(=O)(=O)N(C)C)cc1NC(=O)[C@@H](C)OC(=O)[C@H]1Cc2cc(Cl)ccc2O1. The molecule has 1 amide bonds. The Morgan fingerprint density at radius 2 is 1.94 bits per heavy atom. The first-order chi connectivity index (χ1) is 14.5. The Kier molecular flexibility index (Phi) is 6.59. The molecule has 0 radical (unpaired) electrons. The fourth-order valence-electron chi connectivity index (χ4n) is 2.99. The lowest BCUT2D eigenvalue weighted by atomic mass is 10.1. The molecule has 0 spiro atoms. The van der Waals surface area contributed by atoms with Gasteiger partial charge in [0.2, 0.25) is 10.0 Å². The third kappa shape index (κ3) is 5.00. The third-order valence-corrected chi connectivity index (χ3v) is 6.91. The zero-order valence-corrected chi connectivity index (χ0v) is 19.1. The minimum Gasteiger partial charge on any atom is -0.478 e. The highest BCUT2D eigenvalue weighted by Gasteiger charge is 2.33. The van der Waals surface area contributed by atoms with Crippen molar-refractivity contribution in [1.82, 2.24) is 4.31 Å². The van der Waals surface area contributed by atoms with Gasteiger partial charge in [0.25, 0.3) is 5.91 Å². The molecule has 2 atom stereocenters. The number of fused-ring (bicyclic) bond motifs is 1. The van der Waals surface area contributed by atoms with Crippen molar-refractivity contribution in [2.45, 2.75) is 37.4 Å². The summed E-state index contributed by atoms with van der Waals surface area (Å²) < 4.78 is 36.6. The number of hydrogen-bond donors (Lipinski definition) is 1. The number of amides is 1. The first kappa shape index (κ1) is 23.1. The molecule has 0 aliphatic carbocycles. The summed E-state index contributed by atoms with van der Waals surface area (Å²) in [4.78, 5) is 25.1. The van der Waals surface area contributed by atoms with Crippen LogP contribution < -0.4 is 10.1 Å². The zero-order valence-electron chi connectivity index (χ0n) is 17.5. The van der Waals surface area contributed by atoms with Crippen LogP contribution in [0.1, 0.15) is 18.1 Å². The van der Waals surface area contributed by atoms with Gasteiger partial charge in [0.15, 0.2) is 12.2 Å². The van der Waals surface area contributed by atoms with Crippen molar-refractivity contribution in [1.29, 1.82) is 0 Å². The largest absolute Gasteiger partial charge is 0.478 e. The zero-order chi connectivity index (χ0) is 22.9. The van der Waals surface area contributed by atoms with E-state index in [4.69, 9.17) is 21.1 Å². The molecular formula is C21H23ClN2O6S. The molecule has 1 aliphatic heterocycles. The Labute approximate surface area is 186 Å². The van der Waals surface area contributed by atoms with Crippen LogP contribution in [0.4, 0.5) is 5.69 Å². The molecule has 10 heteroatoms. The number of nitrogens with zero attached hydrogens (tertiary/aromatic N) is 1. The van der Waals surface area contributed by atoms with Crippen molar-refractivity contribution >= 4 is 39.2 Å². The van der Waals surface area contributed by atoms with Crippen molar-refractivity contribution in [3.8, 4) is 5.75 Å². The van der Waals surface area contributed by atoms with Gasteiger partial charge in [-0.3, -0.25) is 4.79 Å². The summed E-state index contributed by atoms with van der Waals surface area (Å²) in [5.74, 6) is -0.706. The van der Waals surface area contributed by atoms with Crippen LogP contribution in [0, 0.1) is 6.92 Å². The van der Waals surface area contributed by atoms with Crippen molar-refractivity contribution in [2.75, 3.05) is 19.4 Å². The standard InChI is InChI=1S/C21H23ClN2O6S/c1-12-5-7-16(31(27,28)24(3)4)11-17(12)23-20(25)13(2)29-21(26)19-10-14-9-15(22)6-8-18(14)30-19/h5-9,11,13,19H,10H2,1-4H3,(H,23,25)/t13-,19-/m1/s1. The molecule has 3 rings (SSSR count). The second-order valence-electron chi connectivity index (χ2n) is 7.40. The monoisotopic (exact) mass is 466 g/mol. The quantitative estimate of drug-likeness (QED) is 0.657. The first-order valence-corrected chi connectivity index (χ1v) is 11.3. The number of nitrogens with one attached hydrogen (secondary N) is 1. The van der Waals surface area contributed by atoms with E-state index in [0.717, 1.165) is 9.87 Å². The number of halogens is 1. The molecule has 1 heterocycles. The predicted molar refractivity (Wildman–Crippen MR) is 116 cm³/mol. The summed E-state index contributed by atoms with van der Waals surface area (Å²) in [5.41, 5.74) is 1.77. The molecule has 0 fully saturated rings. The van der Waals surface area contributed by atoms with Crippen LogP contribution in [-0.4, -0.2) is 50.9 Å². The molecule has 31 heavy (non-hydrogen) atoms. The highest BCUT2D eigenvalue weighted by molar-refractivity contribution is 7.89. The van der Waals surface area contributed by atoms with Crippen LogP contribution in [0.2, 0.25) is 5.02 Å². The number of carbonyl (C=O) groups is 2. The number of benzene rings is 2. The van der Waals surface area contributed by atoms with Crippen LogP contribution in [0.25, 0.3) is 0 Å². The molecule has 2 aromatic rings. The topological polar surface area (TPSA) is 102 Å². The van der Waals surface area contributed by atoms with Gasteiger partial charge < -0.3 is 14.8 Å². The minimum atomic E-state index is -3.66. The number of esters is 1. The van der Waals surface area contributed by atoms with E-state index < -0.39 is 34.1 Å². The van der Waals surface area contributed by atoms with E-state index in [9.17, 15) is 18.0 Å². The molecule has 0 aromatic heterocycles. The smallest absolute Gasteiger partial charge is 0.348 e. The van der Waals surface area contributed by atoms with E-state index in [2.05, 4.69) is 5.32 Å². The van der Waals surface area contributed by atoms with Crippen LogP contribution in [0.5, 0.6) is 5.75 Å². The molecule has 8 nitrogen and oxygen atoms in total. The molecule has 166 valence electrons. The molecule has 0 unspecified atom stereocenters. The molecule has 2 aromatic carbocycles. The molecule has 1 N–H and O–H groups in total. The van der Waals surface area contributed by atoms with Crippen molar-refractivity contribution < 1.29 is 27.5 Å². The summed E-state index contributed by atoms with van der Waals surface area (Å²) in [6, 6.07) is 9.49. The summed E-state index contributed by atoms with van der Waals surface area (Å²) in [6.07, 6.45) is -1.68. The summed E-state index contributed by atoms with van der Waals surface area (Å²) >= 11 is 5.96.